The molecule has 2 heterocycles. The fraction of sp³-hybridized carbons (Fsp3) is 0.429. The topological polar surface area (TPSA) is 53.4 Å². The first-order valence-corrected chi connectivity index (χ1v) is 11.9. The molecule has 5 heteroatoms. The summed E-state index contributed by atoms with van der Waals surface area (Å²) < 4.78 is 14.2. The SMILES string of the molecule is C=CC(=O)OC1CCC(Oc2ccc3cc(-c4ccc(CC)nc4CC)n(C)c3c2)C1(C)C. The van der Waals surface area contributed by atoms with Crippen LogP contribution >= 0.6 is 0 Å². The van der Waals surface area contributed by atoms with Gasteiger partial charge in [0.1, 0.15) is 18.0 Å². The van der Waals surface area contributed by atoms with E-state index in [0.717, 1.165) is 54.0 Å². The maximum atomic E-state index is 11.7. The summed E-state index contributed by atoms with van der Waals surface area (Å²) in [5.41, 5.74) is 5.43. The number of hydrogen-bond acceptors (Lipinski definition) is 4. The van der Waals surface area contributed by atoms with Crippen molar-refractivity contribution in [3.63, 3.8) is 0 Å². The molecule has 2 atom stereocenters. The average Bonchev–Trinajstić information content (AvgIpc) is 3.29. The van der Waals surface area contributed by atoms with Crippen molar-refractivity contribution in [2.75, 3.05) is 0 Å². The van der Waals surface area contributed by atoms with Gasteiger partial charge in [0.25, 0.3) is 0 Å². The van der Waals surface area contributed by atoms with Gasteiger partial charge in [0.15, 0.2) is 0 Å². The maximum Gasteiger partial charge on any atom is 0.330 e. The van der Waals surface area contributed by atoms with Crippen LogP contribution in [0.1, 0.15) is 51.9 Å². The number of carbonyl (C=O) groups is 1. The number of esters is 1. The van der Waals surface area contributed by atoms with E-state index < -0.39 is 0 Å². The molecule has 0 bridgehead atoms. The molecule has 0 amide bonds. The average molecular weight is 447 g/mol. The normalized spacial score (nSPS) is 19.5. The smallest absolute Gasteiger partial charge is 0.330 e. The number of aryl methyl sites for hydroxylation is 3. The van der Waals surface area contributed by atoms with Crippen molar-refractivity contribution in [2.24, 2.45) is 12.5 Å². The molecule has 33 heavy (non-hydrogen) atoms. The maximum absolute atomic E-state index is 11.7. The van der Waals surface area contributed by atoms with Crippen molar-refractivity contribution in [1.82, 2.24) is 9.55 Å². The molecule has 2 aromatic heterocycles. The Morgan fingerprint density at radius 1 is 1.15 bits per heavy atom. The number of nitrogens with zero attached hydrogens (tertiary/aromatic N) is 2. The van der Waals surface area contributed by atoms with E-state index >= 15 is 0 Å². The lowest BCUT2D eigenvalue weighted by Crippen LogP contribution is -2.38. The number of hydrogen-bond donors (Lipinski definition) is 0. The van der Waals surface area contributed by atoms with E-state index in [-0.39, 0.29) is 23.6 Å². The van der Waals surface area contributed by atoms with Crippen LogP contribution in [0.4, 0.5) is 0 Å². The molecule has 1 saturated carbocycles. The molecule has 0 N–H and O–H groups in total. The van der Waals surface area contributed by atoms with E-state index in [1.807, 2.05) is 6.07 Å². The Kier molecular flexibility index (Phi) is 6.33. The summed E-state index contributed by atoms with van der Waals surface area (Å²) in [6.07, 6.45) is 4.48. The fourth-order valence-corrected chi connectivity index (χ4v) is 4.92. The Balaban J connectivity index is 1.62. The number of rotatable bonds is 7. The first-order valence-electron chi connectivity index (χ1n) is 11.9. The van der Waals surface area contributed by atoms with Gasteiger partial charge in [-0.15, -0.1) is 0 Å². The molecule has 1 fully saturated rings. The van der Waals surface area contributed by atoms with E-state index in [2.05, 4.69) is 76.2 Å². The van der Waals surface area contributed by atoms with E-state index in [9.17, 15) is 4.79 Å². The minimum Gasteiger partial charge on any atom is -0.490 e. The minimum atomic E-state index is -0.376. The Morgan fingerprint density at radius 3 is 2.61 bits per heavy atom. The molecule has 5 nitrogen and oxygen atoms in total. The van der Waals surface area contributed by atoms with Crippen molar-refractivity contribution in [1.29, 1.82) is 0 Å². The highest BCUT2D eigenvalue weighted by atomic mass is 16.5. The van der Waals surface area contributed by atoms with Crippen LogP contribution < -0.4 is 4.74 Å². The van der Waals surface area contributed by atoms with E-state index in [1.54, 1.807) is 0 Å². The van der Waals surface area contributed by atoms with Crippen molar-refractivity contribution in [3.8, 4) is 17.0 Å². The van der Waals surface area contributed by atoms with Crippen molar-refractivity contribution >= 4 is 16.9 Å². The molecule has 1 aliphatic carbocycles. The highest BCUT2D eigenvalue weighted by Crippen LogP contribution is 2.42. The highest BCUT2D eigenvalue weighted by molar-refractivity contribution is 5.88. The monoisotopic (exact) mass is 446 g/mol. The Labute approximate surface area is 196 Å². The van der Waals surface area contributed by atoms with Crippen molar-refractivity contribution < 1.29 is 14.3 Å². The Hall–Kier alpha value is -3.08. The van der Waals surface area contributed by atoms with Crippen LogP contribution in [0.5, 0.6) is 5.75 Å². The fourth-order valence-electron chi connectivity index (χ4n) is 4.92. The molecule has 174 valence electrons. The number of benzene rings is 1. The standard InChI is InChI=1S/C28H34N2O3/c1-7-19-11-13-21(22(8-2)29-19)24-16-18-10-12-20(17-23(18)30(24)6)32-25-14-15-26(28(25,4)5)33-27(31)9-3/h9-13,16-17,25-26H,3,7-8,14-15H2,1-2,4-6H3. The molecule has 0 aliphatic heterocycles. The summed E-state index contributed by atoms with van der Waals surface area (Å²) in [7, 11) is 2.10. The van der Waals surface area contributed by atoms with Gasteiger partial charge in [-0.05, 0) is 56.0 Å². The van der Waals surface area contributed by atoms with Gasteiger partial charge in [0.05, 0.1) is 11.2 Å². The van der Waals surface area contributed by atoms with Gasteiger partial charge < -0.3 is 14.0 Å². The molecule has 0 saturated heterocycles. The lowest BCUT2D eigenvalue weighted by Gasteiger charge is -2.32. The molecule has 1 aromatic carbocycles. The number of fused-ring (bicyclic) bond motifs is 1. The van der Waals surface area contributed by atoms with E-state index in [0.29, 0.717) is 0 Å². The van der Waals surface area contributed by atoms with Gasteiger partial charge >= 0.3 is 5.97 Å². The third kappa shape index (κ3) is 4.29. The Bertz CT molecular complexity index is 1190. The van der Waals surface area contributed by atoms with Crippen LogP contribution in [0.25, 0.3) is 22.2 Å². The lowest BCUT2D eigenvalue weighted by atomic mass is 9.87. The van der Waals surface area contributed by atoms with Crippen LogP contribution in [-0.2, 0) is 29.4 Å². The number of aromatic nitrogens is 2. The zero-order valence-electron chi connectivity index (χ0n) is 20.4. The zero-order valence-corrected chi connectivity index (χ0v) is 20.4. The molecular weight excluding hydrogens is 412 g/mol. The van der Waals surface area contributed by atoms with Gasteiger partial charge in [0, 0.05) is 46.9 Å². The number of carbonyl (C=O) groups excluding carboxylic acids is 1. The van der Waals surface area contributed by atoms with Crippen LogP contribution in [0.2, 0.25) is 0 Å². The third-order valence-corrected chi connectivity index (χ3v) is 7.08. The van der Waals surface area contributed by atoms with Crippen molar-refractivity contribution in [3.05, 3.63) is 60.4 Å². The van der Waals surface area contributed by atoms with Crippen molar-refractivity contribution in [2.45, 2.75) is 65.6 Å². The summed E-state index contributed by atoms with van der Waals surface area (Å²) in [6.45, 7) is 12.0. The largest absolute Gasteiger partial charge is 0.490 e. The second-order valence-corrected chi connectivity index (χ2v) is 9.45. The lowest BCUT2D eigenvalue weighted by molar-refractivity contribution is -0.148. The van der Waals surface area contributed by atoms with Gasteiger partial charge in [-0.25, -0.2) is 4.79 Å². The van der Waals surface area contributed by atoms with Crippen LogP contribution in [0.3, 0.4) is 0 Å². The first-order chi connectivity index (χ1) is 15.8. The molecule has 1 aliphatic rings. The van der Waals surface area contributed by atoms with Gasteiger partial charge in [-0.3, -0.25) is 4.98 Å². The highest BCUT2D eigenvalue weighted by Gasteiger charge is 2.47. The number of pyridine rings is 1. The van der Waals surface area contributed by atoms with Gasteiger partial charge in [-0.1, -0.05) is 34.3 Å². The van der Waals surface area contributed by atoms with Crippen LogP contribution in [-0.4, -0.2) is 27.7 Å². The second kappa shape index (κ2) is 9.05. The predicted molar refractivity (Wildman–Crippen MR) is 132 cm³/mol. The minimum absolute atomic E-state index is 0.0326. The summed E-state index contributed by atoms with van der Waals surface area (Å²) in [4.78, 5) is 16.6. The van der Waals surface area contributed by atoms with Crippen LogP contribution in [0, 0.1) is 5.41 Å². The zero-order chi connectivity index (χ0) is 23.8. The van der Waals surface area contributed by atoms with E-state index in [1.165, 1.54) is 17.0 Å². The third-order valence-electron chi connectivity index (χ3n) is 7.08. The molecule has 0 radical (unpaired) electrons. The summed E-state index contributed by atoms with van der Waals surface area (Å²) in [5.74, 6) is 0.457. The quantitative estimate of drug-likeness (QED) is 0.328. The predicted octanol–water partition coefficient (Wildman–Crippen LogP) is 6.03. The summed E-state index contributed by atoms with van der Waals surface area (Å²) in [6, 6.07) is 12.8. The molecular formula is C28H34N2O3. The number of ether oxygens (including phenoxy) is 2. The second-order valence-electron chi connectivity index (χ2n) is 9.45. The molecule has 3 aromatic rings. The Morgan fingerprint density at radius 2 is 1.91 bits per heavy atom. The molecule has 0 spiro atoms. The summed E-state index contributed by atoms with van der Waals surface area (Å²) >= 11 is 0. The van der Waals surface area contributed by atoms with Gasteiger partial charge in [0.2, 0.25) is 0 Å². The van der Waals surface area contributed by atoms with E-state index in [4.69, 9.17) is 14.5 Å². The van der Waals surface area contributed by atoms with Crippen LogP contribution in [0.15, 0.2) is 49.1 Å². The molecule has 4 rings (SSSR count). The first kappa shape index (κ1) is 23.1. The van der Waals surface area contributed by atoms with Gasteiger partial charge in [-0.2, -0.15) is 0 Å². The molecule has 2 unspecified atom stereocenters. The summed E-state index contributed by atoms with van der Waals surface area (Å²) in [5, 5.41) is 1.17.